The minimum atomic E-state index is -5.00. The van der Waals surface area contributed by atoms with Crippen LogP contribution in [0.4, 0.5) is 0 Å². The minimum absolute atomic E-state index is 0. The zero-order valence-corrected chi connectivity index (χ0v) is 32.7. The first kappa shape index (κ1) is 36.1. The average molecular weight is 758 g/mol. The summed E-state index contributed by atoms with van der Waals surface area (Å²) in [5.41, 5.74) is 9.66. The van der Waals surface area contributed by atoms with E-state index in [1.165, 1.54) is 52.0 Å². The number of benzene rings is 4. The first-order valence-corrected chi connectivity index (χ1v) is 23.0. The third kappa shape index (κ3) is 5.74. The first-order chi connectivity index (χ1) is 20.4. The Morgan fingerprint density at radius 1 is 0.800 bits per heavy atom. The van der Waals surface area contributed by atoms with Gasteiger partial charge in [-0.25, -0.2) is 0 Å². The molecule has 0 N–H and O–H groups in total. The second-order valence-corrected chi connectivity index (χ2v) is 27.5. The van der Waals surface area contributed by atoms with Crippen LogP contribution >= 0.6 is 48.0 Å². The molecule has 4 aromatic carbocycles. The molecule has 4 aromatic rings. The fourth-order valence-electron chi connectivity index (χ4n) is 8.07. The van der Waals surface area contributed by atoms with E-state index in [1.807, 2.05) is 0 Å². The van der Waals surface area contributed by atoms with E-state index in [9.17, 15) is 0 Å². The SMILES string of the molecule is Cl.Cl.[CH2]=[Zr]([C]1=CC(C(C)(C)C)=CC1CCC)([c]1ccc(Cl)cc1)([c]1ccc(Cl)cc1)[c]1c(C)ccc2c1Cc1cc(C)ccc1-2. The van der Waals surface area contributed by atoms with E-state index in [0.29, 0.717) is 5.92 Å². The second kappa shape index (κ2) is 13.1. The molecule has 0 heterocycles. The van der Waals surface area contributed by atoms with Crippen LogP contribution in [0.1, 0.15) is 62.8 Å². The topological polar surface area (TPSA) is 0 Å². The van der Waals surface area contributed by atoms with Crippen molar-refractivity contribution in [2.75, 3.05) is 0 Å². The van der Waals surface area contributed by atoms with E-state index in [0.717, 1.165) is 29.3 Å². The summed E-state index contributed by atoms with van der Waals surface area (Å²) < 4.78 is 11.4. The van der Waals surface area contributed by atoms with Gasteiger partial charge in [0.1, 0.15) is 0 Å². The first-order valence-electron chi connectivity index (χ1n) is 15.6. The molecule has 0 amide bonds. The molecular weight excluding hydrogens is 713 g/mol. The van der Waals surface area contributed by atoms with Gasteiger partial charge in [0.2, 0.25) is 0 Å². The van der Waals surface area contributed by atoms with Crippen molar-refractivity contribution in [3.8, 4) is 11.1 Å². The van der Waals surface area contributed by atoms with Gasteiger partial charge in [0.05, 0.1) is 0 Å². The normalized spacial score (nSPS) is 15.8. The summed E-state index contributed by atoms with van der Waals surface area (Å²) in [5.74, 6) is 0.315. The van der Waals surface area contributed by atoms with Crippen molar-refractivity contribution < 1.29 is 18.3 Å². The molecule has 2 aliphatic rings. The summed E-state index contributed by atoms with van der Waals surface area (Å²) in [7, 11) is 0. The Labute approximate surface area is 293 Å². The van der Waals surface area contributed by atoms with Gasteiger partial charge in [-0.1, -0.05) is 0 Å². The molecule has 1 atom stereocenters. The van der Waals surface area contributed by atoms with Gasteiger partial charge in [0.25, 0.3) is 0 Å². The molecular formula is C40H44Cl4Zr. The van der Waals surface area contributed by atoms with Crippen molar-refractivity contribution in [1.82, 2.24) is 0 Å². The Balaban J connectivity index is 0.00000230. The van der Waals surface area contributed by atoms with E-state index in [-0.39, 0.29) is 30.2 Å². The maximum absolute atomic E-state index is 6.60. The quantitative estimate of drug-likeness (QED) is 0.162. The van der Waals surface area contributed by atoms with Crippen molar-refractivity contribution in [1.29, 1.82) is 0 Å². The Morgan fingerprint density at radius 2 is 1.36 bits per heavy atom. The number of allylic oxidation sites excluding steroid dienone is 4. The van der Waals surface area contributed by atoms with Crippen LogP contribution in [0, 0.1) is 25.2 Å². The predicted octanol–water partition coefficient (Wildman–Crippen LogP) is 10.7. The molecule has 0 fully saturated rings. The van der Waals surface area contributed by atoms with Crippen LogP contribution in [0.25, 0.3) is 11.1 Å². The van der Waals surface area contributed by atoms with Gasteiger partial charge in [0, 0.05) is 0 Å². The Kier molecular flexibility index (Phi) is 10.5. The predicted molar refractivity (Wildman–Crippen MR) is 202 cm³/mol. The number of rotatable bonds is 6. The Hall–Kier alpha value is -1.73. The van der Waals surface area contributed by atoms with E-state index in [2.05, 4.69) is 133 Å². The van der Waals surface area contributed by atoms with Gasteiger partial charge in [-0.15, -0.1) is 24.8 Å². The monoisotopic (exact) mass is 754 g/mol. The van der Waals surface area contributed by atoms with Crippen molar-refractivity contribution in [2.24, 2.45) is 11.3 Å². The maximum atomic E-state index is 6.60. The van der Waals surface area contributed by atoms with E-state index >= 15 is 0 Å². The van der Waals surface area contributed by atoms with Crippen LogP contribution in [0.5, 0.6) is 0 Å². The molecule has 0 saturated carbocycles. The molecule has 0 bridgehead atoms. The molecule has 5 heteroatoms. The van der Waals surface area contributed by atoms with E-state index < -0.39 is 18.3 Å². The fourth-order valence-corrected chi connectivity index (χ4v) is 25.6. The average Bonchev–Trinajstić information content (AvgIpc) is 3.55. The second-order valence-electron chi connectivity index (χ2n) is 14.0. The molecule has 0 nitrogen and oxygen atoms in total. The van der Waals surface area contributed by atoms with Gasteiger partial charge < -0.3 is 0 Å². The van der Waals surface area contributed by atoms with Crippen LogP contribution in [0.2, 0.25) is 10.0 Å². The molecule has 0 radical (unpaired) electrons. The number of hydrogen-bond acceptors (Lipinski definition) is 0. The number of hydrogen-bond donors (Lipinski definition) is 0. The summed E-state index contributed by atoms with van der Waals surface area (Å²) in [5, 5.41) is 1.50. The van der Waals surface area contributed by atoms with Gasteiger partial charge in [-0.2, -0.15) is 0 Å². The molecule has 0 spiro atoms. The summed E-state index contributed by atoms with van der Waals surface area (Å²) in [6, 6.07) is 29.1. The van der Waals surface area contributed by atoms with Crippen molar-refractivity contribution in [3.05, 3.63) is 132 Å². The molecule has 45 heavy (non-hydrogen) atoms. The molecule has 6 rings (SSSR count). The van der Waals surface area contributed by atoms with Gasteiger partial charge in [-0.05, 0) is 0 Å². The van der Waals surface area contributed by atoms with E-state index in [1.54, 1.807) is 0 Å². The summed E-state index contributed by atoms with van der Waals surface area (Å²) in [6.07, 6.45) is 8.28. The fraction of sp³-hybridized carbons (Fsp3) is 0.275. The van der Waals surface area contributed by atoms with Crippen LogP contribution in [-0.4, -0.2) is 4.21 Å². The third-order valence-corrected chi connectivity index (χ3v) is 27.4. The Bertz CT molecular complexity index is 1820. The van der Waals surface area contributed by atoms with Gasteiger partial charge in [0.15, 0.2) is 0 Å². The van der Waals surface area contributed by atoms with Crippen LogP contribution < -0.4 is 9.81 Å². The summed E-state index contributed by atoms with van der Waals surface area (Å²) >= 11 is 8.20. The molecule has 0 aliphatic heterocycles. The van der Waals surface area contributed by atoms with Crippen molar-refractivity contribution >= 4 is 62.0 Å². The number of aryl methyl sites for hydroxylation is 2. The molecule has 2 aliphatic carbocycles. The third-order valence-electron chi connectivity index (χ3n) is 10.1. The molecule has 0 saturated heterocycles. The molecule has 1 unspecified atom stereocenters. The molecule has 0 aromatic heterocycles. The zero-order valence-electron chi connectivity index (χ0n) is 27.1. The Morgan fingerprint density at radius 3 is 1.89 bits per heavy atom. The summed E-state index contributed by atoms with van der Waals surface area (Å²) in [6.45, 7) is 13.8. The van der Waals surface area contributed by atoms with Crippen LogP contribution in [0.3, 0.4) is 0 Å². The van der Waals surface area contributed by atoms with Crippen LogP contribution in [-0.2, 0) is 24.7 Å². The number of halogens is 4. The zero-order chi connectivity index (χ0) is 30.8. The van der Waals surface area contributed by atoms with Gasteiger partial charge >= 0.3 is 271 Å². The van der Waals surface area contributed by atoms with Gasteiger partial charge in [-0.3, -0.25) is 0 Å². The van der Waals surface area contributed by atoms with Crippen LogP contribution in [0.15, 0.2) is 99.9 Å². The van der Waals surface area contributed by atoms with Crippen molar-refractivity contribution in [2.45, 2.75) is 60.8 Å². The number of fused-ring (bicyclic) bond motifs is 3. The standard InChI is InChI=1S/C15H13.C12H19.2C6H4Cl.CH2.2ClH.Zr/c1-10-3-5-14-12(7-10)9-13-8-11(2)4-6-15(13)14;1-5-6-10-7-8-11(9-10)12(2,3)4;2*7-6-4-2-1-3-5-6;;;;/h3-7H,9H2,1-2H3;8-10H,5-6H2,1-4H3;2*2-5H;1H2;2*1H;. The van der Waals surface area contributed by atoms with E-state index in [4.69, 9.17) is 27.4 Å². The summed E-state index contributed by atoms with van der Waals surface area (Å²) in [4.78, 5) is 0. The molecule has 236 valence electrons. The van der Waals surface area contributed by atoms with Crippen molar-refractivity contribution in [3.63, 3.8) is 0 Å².